The highest BCUT2D eigenvalue weighted by Gasteiger charge is 2.13. The highest BCUT2D eigenvalue weighted by Crippen LogP contribution is 2.18. The van der Waals surface area contributed by atoms with Crippen LogP contribution in [0.4, 0.5) is 0 Å². The zero-order valence-electron chi connectivity index (χ0n) is 10.7. The minimum Gasteiger partial charge on any atom is -0.355 e. The molecule has 0 aliphatic rings. The van der Waals surface area contributed by atoms with Crippen LogP contribution >= 0.6 is 0 Å². The van der Waals surface area contributed by atoms with E-state index in [1.807, 2.05) is 6.92 Å². The van der Waals surface area contributed by atoms with Crippen molar-refractivity contribution in [2.24, 2.45) is 5.73 Å². The van der Waals surface area contributed by atoms with Gasteiger partial charge in [0, 0.05) is 36.6 Å². The molecule has 6 nitrogen and oxygen atoms in total. The maximum atomic E-state index is 11.8. The van der Waals surface area contributed by atoms with Crippen LogP contribution in [0.1, 0.15) is 23.8 Å². The summed E-state index contributed by atoms with van der Waals surface area (Å²) in [6, 6.07) is 5.25. The summed E-state index contributed by atoms with van der Waals surface area (Å²) in [4.78, 5) is 15.7. The number of nitrogens with one attached hydrogen (secondary N) is 1. The van der Waals surface area contributed by atoms with Gasteiger partial charge in [0.15, 0.2) is 11.5 Å². The van der Waals surface area contributed by atoms with E-state index in [4.69, 9.17) is 10.3 Å². The largest absolute Gasteiger partial charge is 0.355 e. The minimum absolute atomic E-state index is 0.0602. The quantitative estimate of drug-likeness (QED) is 0.842. The first-order valence-corrected chi connectivity index (χ1v) is 6.07. The van der Waals surface area contributed by atoms with E-state index in [-0.39, 0.29) is 17.6 Å². The summed E-state index contributed by atoms with van der Waals surface area (Å²) in [7, 11) is 0. The Kier molecular flexibility index (Phi) is 4.25. The van der Waals surface area contributed by atoms with Crippen LogP contribution in [0.25, 0.3) is 11.3 Å². The average molecular weight is 260 g/mol. The van der Waals surface area contributed by atoms with Gasteiger partial charge in [-0.25, -0.2) is 0 Å². The van der Waals surface area contributed by atoms with E-state index in [9.17, 15) is 4.79 Å². The third kappa shape index (κ3) is 3.62. The van der Waals surface area contributed by atoms with Crippen LogP contribution in [0.15, 0.2) is 35.1 Å². The van der Waals surface area contributed by atoms with Crippen molar-refractivity contribution >= 4 is 5.91 Å². The molecule has 0 bridgehead atoms. The Morgan fingerprint density at radius 1 is 1.47 bits per heavy atom. The van der Waals surface area contributed by atoms with Crippen LogP contribution in [0.3, 0.4) is 0 Å². The third-order valence-corrected chi connectivity index (χ3v) is 2.59. The van der Waals surface area contributed by atoms with Gasteiger partial charge in [-0.2, -0.15) is 0 Å². The zero-order valence-corrected chi connectivity index (χ0v) is 10.7. The highest BCUT2D eigenvalue weighted by atomic mass is 16.5. The first-order chi connectivity index (χ1) is 9.16. The van der Waals surface area contributed by atoms with Crippen molar-refractivity contribution in [3.63, 3.8) is 0 Å². The SMILES string of the molecule is CC(N)CCNC(=O)c1cc(-c2ccncc2)on1. The van der Waals surface area contributed by atoms with Crippen molar-refractivity contribution in [2.75, 3.05) is 6.54 Å². The van der Waals surface area contributed by atoms with Crippen LogP contribution in [0.2, 0.25) is 0 Å². The maximum Gasteiger partial charge on any atom is 0.273 e. The van der Waals surface area contributed by atoms with Crippen molar-refractivity contribution < 1.29 is 9.32 Å². The fraction of sp³-hybridized carbons (Fsp3) is 0.308. The molecule has 6 heteroatoms. The van der Waals surface area contributed by atoms with Crippen molar-refractivity contribution in [3.8, 4) is 11.3 Å². The Morgan fingerprint density at radius 3 is 2.89 bits per heavy atom. The molecular formula is C13H16N4O2. The van der Waals surface area contributed by atoms with E-state index in [0.717, 1.165) is 12.0 Å². The zero-order chi connectivity index (χ0) is 13.7. The standard InChI is InChI=1S/C13H16N4O2/c1-9(14)2-7-16-13(18)11-8-12(19-17-11)10-3-5-15-6-4-10/h3-6,8-9H,2,7,14H2,1H3,(H,16,18). The number of nitrogens with zero attached hydrogens (tertiary/aromatic N) is 2. The van der Waals surface area contributed by atoms with E-state index in [2.05, 4.69) is 15.5 Å². The Balaban J connectivity index is 1.99. The first-order valence-electron chi connectivity index (χ1n) is 6.07. The molecule has 0 fully saturated rings. The molecule has 3 N–H and O–H groups in total. The van der Waals surface area contributed by atoms with E-state index in [1.165, 1.54) is 0 Å². The maximum absolute atomic E-state index is 11.8. The molecule has 2 rings (SSSR count). The highest BCUT2D eigenvalue weighted by molar-refractivity contribution is 5.93. The Bertz CT molecular complexity index is 537. The molecule has 0 saturated heterocycles. The Hall–Kier alpha value is -2.21. The van der Waals surface area contributed by atoms with Gasteiger partial charge in [0.2, 0.25) is 0 Å². The van der Waals surface area contributed by atoms with Gasteiger partial charge in [-0.15, -0.1) is 0 Å². The van der Waals surface area contributed by atoms with Crippen molar-refractivity contribution in [1.82, 2.24) is 15.5 Å². The predicted molar refractivity (Wildman–Crippen MR) is 70.3 cm³/mol. The van der Waals surface area contributed by atoms with Gasteiger partial charge < -0.3 is 15.6 Å². The van der Waals surface area contributed by atoms with Gasteiger partial charge in [-0.3, -0.25) is 9.78 Å². The van der Waals surface area contributed by atoms with Crippen LogP contribution in [0, 0.1) is 0 Å². The van der Waals surface area contributed by atoms with Crippen LogP contribution in [0.5, 0.6) is 0 Å². The van der Waals surface area contributed by atoms with Crippen molar-refractivity contribution in [3.05, 3.63) is 36.3 Å². The van der Waals surface area contributed by atoms with Crippen LogP contribution in [-0.2, 0) is 0 Å². The van der Waals surface area contributed by atoms with Gasteiger partial charge >= 0.3 is 0 Å². The molecule has 1 unspecified atom stereocenters. The first kappa shape index (κ1) is 13.2. The number of pyridine rings is 1. The van der Waals surface area contributed by atoms with E-state index in [0.29, 0.717) is 12.3 Å². The molecule has 2 aromatic rings. The molecule has 0 radical (unpaired) electrons. The van der Waals surface area contributed by atoms with Crippen molar-refractivity contribution in [1.29, 1.82) is 0 Å². The number of carbonyl (C=O) groups is 1. The Morgan fingerprint density at radius 2 is 2.21 bits per heavy atom. The molecular weight excluding hydrogens is 244 g/mol. The number of hydrogen-bond donors (Lipinski definition) is 2. The van der Waals surface area contributed by atoms with E-state index >= 15 is 0 Å². The molecule has 1 amide bonds. The van der Waals surface area contributed by atoms with Gasteiger partial charge in [0.25, 0.3) is 5.91 Å². The summed E-state index contributed by atoms with van der Waals surface area (Å²) in [5.74, 6) is 0.282. The molecule has 0 spiro atoms. The van der Waals surface area contributed by atoms with Crippen LogP contribution in [-0.4, -0.2) is 28.6 Å². The number of aromatic nitrogens is 2. The number of nitrogens with two attached hydrogens (primary N) is 1. The molecule has 0 aromatic carbocycles. The lowest BCUT2D eigenvalue weighted by Gasteiger charge is -2.04. The predicted octanol–water partition coefficient (Wildman–Crippen LogP) is 1.20. The molecule has 0 aliphatic heterocycles. The number of hydrogen-bond acceptors (Lipinski definition) is 5. The lowest BCUT2D eigenvalue weighted by Crippen LogP contribution is -2.29. The smallest absolute Gasteiger partial charge is 0.273 e. The second kappa shape index (κ2) is 6.10. The van der Waals surface area contributed by atoms with Crippen molar-refractivity contribution in [2.45, 2.75) is 19.4 Å². The topological polar surface area (TPSA) is 94.0 Å². The van der Waals surface area contributed by atoms with Gasteiger partial charge in [-0.1, -0.05) is 5.16 Å². The summed E-state index contributed by atoms with van der Waals surface area (Å²) in [5.41, 5.74) is 6.70. The lowest BCUT2D eigenvalue weighted by molar-refractivity contribution is 0.0944. The minimum atomic E-state index is -0.260. The molecule has 2 heterocycles. The number of amides is 1. The second-order valence-corrected chi connectivity index (χ2v) is 4.33. The monoisotopic (exact) mass is 260 g/mol. The summed E-state index contributed by atoms with van der Waals surface area (Å²) in [5, 5.41) is 6.49. The average Bonchev–Trinajstić information content (AvgIpc) is 2.89. The molecule has 0 aliphatic carbocycles. The molecule has 1 atom stereocenters. The lowest BCUT2D eigenvalue weighted by atomic mass is 10.2. The van der Waals surface area contributed by atoms with E-state index < -0.39 is 0 Å². The molecule has 19 heavy (non-hydrogen) atoms. The fourth-order valence-electron chi connectivity index (χ4n) is 1.54. The van der Waals surface area contributed by atoms with Gasteiger partial charge in [0.05, 0.1) is 0 Å². The van der Waals surface area contributed by atoms with Crippen LogP contribution < -0.4 is 11.1 Å². The molecule has 0 saturated carbocycles. The number of carbonyl (C=O) groups excluding carboxylic acids is 1. The summed E-state index contributed by atoms with van der Waals surface area (Å²) < 4.78 is 5.14. The fourth-order valence-corrected chi connectivity index (χ4v) is 1.54. The third-order valence-electron chi connectivity index (χ3n) is 2.59. The summed E-state index contributed by atoms with van der Waals surface area (Å²) in [6.07, 6.45) is 4.03. The summed E-state index contributed by atoms with van der Waals surface area (Å²) >= 11 is 0. The van der Waals surface area contributed by atoms with Gasteiger partial charge in [-0.05, 0) is 25.5 Å². The molecule has 2 aromatic heterocycles. The van der Waals surface area contributed by atoms with Gasteiger partial charge in [0.1, 0.15) is 0 Å². The Labute approximate surface area is 111 Å². The normalized spacial score (nSPS) is 12.1. The van der Waals surface area contributed by atoms with E-state index in [1.54, 1.807) is 30.6 Å². The number of rotatable bonds is 5. The summed E-state index contributed by atoms with van der Waals surface area (Å²) in [6.45, 7) is 2.41. The molecule has 100 valence electrons. The second-order valence-electron chi connectivity index (χ2n) is 4.33.